The minimum Gasteiger partial charge on any atom is -0.406 e. The molecule has 0 N–H and O–H groups in total. The number of carbonyl (C=O) groups is 1. The van der Waals surface area contributed by atoms with Gasteiger partial charge in [-0.3, -0.25) is 4.79 Å². The molecule has 0 bridgehead atoms. The number of rotatable bonds is 3. The number of fused-ring (bicyclic) bond motifs is 1. The Morgan fingerprint density at radius 1 is 0.968 bits per heavy atom. The average Bonchev–Trinajstić information content (AvgIpc) is 3.03. The van der Waals surface area contributed by atoms with Crippen molar-refractivity contribution in [2.45, 2.75) is 26.4 Å². The van der Waals surface area contributed by atoms with Gasteiger partial charge in [-0.2, -0.15) is 0 Å². The van der Waals surface area contributed by atoms with Crippen molar-refractivity contribution in [1.29, 1.82) is 0 Å². The van der Waals surface area contributed by atoms with E-state index in [1.165, 1.54) is 24.3 Å². The zero-order chi connectivity index (χ0) is 22.0. The lowest BCUT2D eigenvalue weighted by Gasteiger charge is -2.16. The third-order valence-corrected chi connectivity index (χ3v) is 4.93. The maximum atomic E-state index is 12.9. The molecular formula is C25H18F3NO2. The van der Waals surface area contributed by atoms with Gasteiger partial charge in [0.2, 0.25) is 0 Å². The van der Waals surface area contributed by atoms with Gasteiger partial charge in [-0.05, 0) is 60.0 Å². The van der Waals surface area contributed by atoms with Crippen LogP contribution in [0.2, 0.25) is 0 Å². The molecule has 0 radical (unpaired) electrons. The van der Waals surface area contributed by atoms with Crippen molar-refractivity contribution < 1.29 is 22.7 Å². The van der Waals surface area contributed by atoms with Gasteiger partial charge in [0.15, 0.2) is 0 Å². The molecule has 1 heterocycles. The van der Waals surface area contributed by atoms with Crippen molar-refractivity contribution >= 4 is 5.91 Å². The van der Waals surface area contributed by atoms with Crippen molar-refractivity contribution in [3.8, 4) is 17.6 Å². The van der Waals surface area contributed by atoms with E-state index in [9.17, 15) is 18.0 Å². The molecule has 0 unspecified atom stereocenters. The summed E-state index contributed by atoms with van der Waals surface area (Å²) < 4.78 is 40.8. The minimum atomic E-state index is -4.73. The summed E-state index contributed by atoms with van der Waals surface area (Å²) in [6, 6.07) is 19.0. The quantitative estimate of drug-likeness (QED) is 0.527. The van der Waals surface area contributed by atoms with E-state index in [-0.39, 0.29) is 11.7 Å². The fraction of sp³-hybridized carbons (Fsp3) is 0.160. The van der Waals surface area contributed by atoms with Gasteiger partial charge in [-0.25, -0.2) is 0 Å². The molecular weight excluding hydrogens is 403 g/mol. The predicted molar refractivity (Wildman–Crippen MR) is 110 cm³/mol. The molecule has 3 nitrogen and oxygen atoms in total. The Kier molecular flexibility index (Phi) is 5.43. The lowest BCUT2D eigenvalue weighted by molar-refractivity contribution is -0.274. The van der Waals surface area contributed by atoms with Gasteiger partial charge in [-0.15, -0.1) is 13.2 Å². The van der Waals surface area contributed by atoms with E-state index in [4.69, 9.17) is 0 Å². The highest BCUT2D eigenvalue weighted by molar-refractivity contribution is 6.00. The summed E-state index contributed by atoms with van der Waals surface area (Å²) in [7, 11) is 0. The molecule has 0 saturated carbocycles. The first kappa shape index (κ1) is 20.5. The summed E-state index contributed by atoms with van der Waals surface area (Å²) >= 11 is 0. The normalized spacial score (nSPS) is 12.9. The summed E-state index contributed by atoms with van der Waals surface area (Å²) in [6.07, 6.45) is -4.73. The van der Waals surface area contributed by atoms with Gasteiger partial charge in [0.25, 0.3) is 5.91 Å². The SMILES string of the molecule is Cc1cc(C#Cc2ccccc2)cc2c1C(=O)N(Cc1ccc(OC(F)(F)F)cc1)C2. The smallest absolute Gasteiger partial charge is 0.406 e. The minimum absolute atomic E-state index is 0.0920. The second kappa shape index (κ2) is 8.19. The fourth-order valence-corrected chi connectivity index (χ4v) is 3.61. The van der Waals surface area contributed by atoms with Crippen LogP contribution in [0.25, 0.3) is 0 Å². The van der Waals surface area contributed by atoms with E-state index in [2.05, 4.69) is 16.6 Å². The highest BCUT2D eigenvalue weighted by atomic mass is 19.4. The Labute approximate surface area is 178 Å². The monoisotopic (exact) mass is 421 g/mol. The number of benzene rings is 3. The van der Waals surface area contributed by atoms with Crippen LogP contribution in [0.4, 0.5) is 13.2 Å². The van der Waals surface area contributed by atoms with E-state index >= 15 is 0 Å². The lowest BCUT2D eigenvalue weighted by atomic mass is 10.0. The van der Waals surface area contributed by atoms with Crippen LogP contribution in [0.5, 0.6) is 5.75 Å². The zero-order valence-corrected chi connectivity index (χ0v) is 16.7. The molecule has 3 aromatic rings. The lowest BCUT2D eigenvalue weighted by Crippen LogP contribution is -2.23. The molecule has 0 saturated heterocycles. The van der Waals surface area contributed by atoms with Crippen LogP contribution in [0, 0.1) is 18.8 Å². The van der Waals surface area contributed by atoms with Crippen molar-refractivity contribution in [3.05, 3.63) is 100 Å². The van der Waals surface area contributed by atoms with Crippen LogP contribution >= 0.6 is 0 Å². The molecule has 0 aromatic heterocycles. The predicted octanol–water partition coefficient (Wildman–Crippen LogP) is 5.45. The molecule has 31 heavy (non-hydrogen) atoms. The number of halogens is 3. The number of carbonyl (C=O) groups excluding carboxylic acids is 1. The second-order valence-corrected chi connectivity index (χ2v) is 7.30. The maximum Gasteiger partial charge on any atom is 0.573 e. The Morgan fingerprint density at radius 2 is 1.65 bits per heavy atom. The molecule has 6 heteroatoms. The molecule has 0 fully saturated rings. The molecule has 0 aliphatic carbocycles. The van der Waals surface area contributed by atoms with Crippen LogP contribution in [-0.2, 0) is 13.1 Å². The number of hydrogen-bond donors (Lipinski definition) is 0. The molecule has 1 amide bonds. The summed E-state index contributed by atoms with van der Waals surface area (Å²) in [5.74, 6) is 5.89. The van der Waals surface area contributed by atoms with Crippen LogP contribution < -0.4 is 4.74 Å². The first-order valence-corrected chi connectivity index (χ1v) is 9.63. The summed E-state index contributed by atoms with van der Waals surface area (Å²) in [4.78, 5) is 14.6. The number of amides is 1. The molecule has 0 atom stereocenters. The van der Waals surface area contributed by atoms with Gasteiger partial charge in [0.1, 0.15) is 5.75 Å². The van der Waals surface area contributed by atoms with Crippen LogP contribution in [0.15, 0.2) is 66.7 Å². The van der Waals surface area contributed by atoms with Crippen molar-refractivity contribution in [1.82, 2.24) is 4.90 Å². The van der Waals surface area contributed by atoms with E-state index in [1.54, 1.807) is 4.90 Å². The molecule has 4 rings (SSSR count). The second-order valence-electron chi connectivity index (χ2n) is 7.30. The van der Waals surface area contributed by atoms with Crippen molar-refractivity contribution in [3.63, 3.8) is 0 Å². The molecule has 1 aliphatic rings. The van der Waals surface area contributed by atoms with Crippen LogP contribution in [0.3, 0.4) is 0 Å². The fourth-order valence-electron chi connectivity index (χ4n) is 3.61. The Hall–Kier alpha value is -3.72. The van der Waals surface area contributed by atoms with E-state index in [0.717, 1.165) is 27.8 Å². The Balaban J connectivity index is 1.50. The van der Waals surface area contributed by atoms with E-state index < -0.39 is 6.36 Å². The largest absolute Gasteiger partial charge is 0.573 e. The number of aryl methyl sites for hydroxylation is 1. The summed E-state index contributed by atoms with van der Waals surface area (Å²) in [5.41, 5.74) is 4.90. The highest BCUT2D eigenvalue weighted by Crippen LogP contribution is 2.29. The Bertz CT molecular complexity index is 1170. The van der Waals surface area contributed by atoms with Gasteiger partial charge >= 0.3 is 6.36 Å². The molecule has 156 valence electrons. The highest BCUT2D eigenvalue weighted by Gasteiger charge is 2.31. The van der Waals surface area contributed by atoms with E-state index in [0.29, 0.717) is 18.7 Å². The van der Waals surface area contributed by atoms with Crippen molar-refractivity contribution in [2.24, 2.45) is 0 Å². The van der Waals surface area contributed by atoms with E-state index in [1.807, 2.05) is 49.4 Å². The van der Waals surface area contributed by atoms with Crippen LogP contribution in [0.1, 0.15) is 38.2 Å². The third kappa shape index (κ3) is 4.89. The standard InChI is InChI=1S/C25H18F3NO2/c1-17-13-20(8-7-18-5-3-2-4-6-18)14-21-16-29(24(30)23(17)21)15-19-9-11-22(12-10-19)31-25(26,27)28/h2-6,9-14H,15-16H2,1H3. The Morgan fingerprint density at radius 3 is 2.32 bits per heavy atom. The first-order valence-electron chi connectivity index (χ1n) is 9.63. The summed E-state index contributed by atoms with van der Waals surface area (Å²) in [6.45, 7) is 2.61. The summed E-state index contributed by atoms with van der Waals surface area (Å²) in [5, 5.41) is 0. The number of ether oxygens (including phenoxy) is 1. The van der Waals surface area contributed by atoms with Gasteiger partial charge in [0.05, 0.1) is 0 Å². The number of nitrogens with zero attached hydrogens (tertiary/aromatic N) is 1. The topological polar surface area (TPSA) is 29.5 Å². The molecule has 0 spiro atoms. The number of alkyl halides is 3. The molecule has 3 aromatic carbocycles. The van der Waals surface area contributed by atoms with Gasteiger partial charge < -0.3 is 9.64 Å². The zero-order valence-electron chi connectivity index (χ0n) is 16.7. The van der Waals surface area contributed by atoms with Gasteiger partial charge in [-0.1, -0.05) is 42.2 Å². The maximum absolute atomic E-state index is 12.9. The number of hydrogen-bond acceptors (Lipinski definition) is 2. The molecule has 1 aliphatic heterocycles. The first-order chi connectivity index (χ1) is 14.8. The third-order valence-electron chi connectivity index (χ3n) is 4.93. The van der Waals surface area contributed by atoms with Crippen molar-refractivity contribution in [2.75, 3.05) is 0 Å². The van der Waals surface area contributed by atoms with Crippen LogP contribution in [-0.4, -0.2) is 17.2 Å². The van der Waals surface area contributed by atoms with Gasteiger partial charge in [0, 0.05) is 29.8 Å². The average molecular weight is 421 g/mol.